The number of hydrogen-bond donors (Lipinski definition) is 3. The molecule has 0 radical (unpaired) electrons. The summed E-state index contributed by atoms with van der Waals surface area (Å²) in [6, 6.07) is 12.7. The molecule has 1 amide bonds. The Labute approximate surface area is 166 Å². The molecule has 7 heteroatoms. The first-order valence-electron chi connectivity index (χ1n) is 9.08. The van der Waals surface area contributed by atoms with Gasteiger partial charge in [-0.05, 0) is 49.9 Å². The first-order chi connectivity index (χ1) is 12.9. The molecule has 28 heavy (non-hydrogen) atoms. The van der Waals surface area contributed by atoms with Crippen molar-refractivity contribution in [3.05, 3.63) is 64.7 Å². The van der Waals surface area contributed by atoms with Crippen LogP contribution in [0, 0.1) is 19.3 Å². The van der Waals surface area contributed by atoms with Crippen LogP contribution in [0.1, 0.15) is 40.9 Å². The maximum atomic E-state index is 12.7. The molecular formula is C21H28N2O4S. The van der Waals surface area contributed by atoms with Crippen LogP contribution < -0.4 is 10.5 Å². The number of benzene rings is 2. The van der Waals surface area contributed by atoms with Gasteiger partial charge in [-0.2, -0.15) is 0 Å². The van der Waals surface area contributed by atoms with Gasteiger partial charge in [-0.15, -0.1) is 0 Å². The van der Waals surface area contributed by atoms with Gasteiger partial charge in [0.05, 0.1) is 11.0 Å². The third-order valence-electron chi connectivity index (χ3n) is 5.19. The molecule has 0 aliphatic heterocycles. The van der Waals surface area contributed by atoms with Gasteiger partial charge in [0, 0.05) is 17.5 Å². The molecule has 2 atom stereocenters. The van der Waals surface area contributed by atoms with E-state index in [9.17, 15) is 18.3 Å². The average Bonchev–Trinajstić information content (AvgIpc) is 2.59. The molecular weight excluding hydrogens is 376 g/mol. The minimum absolute atomic E-state index is 0.0641. The monoisotopic (exact) mass is 404 g/mol. The Morgan fingerprint density at radius 3 is 2.32 bits per heavy atom. The van der Waals surface area contributed by atoms with Crippen molar-refractivity contribution >= 4 is 15.9 Å². The second-order valence-electron chi connectivity index (χ2n) is 7.65. The Kier molecular flexibility index (Phi) is 6.64. The number of primary sulfonamides is 1. The van der Waals surface area contributed by atoms with Crippen LogP contribution in [0.25, 0.3) is 0 Å². The summed E-state index contributed by atoms with van der Waals surface area (Å²) in [7, 11) is -3.92. The molecule has 4 N–H and O–H groups in total. The number of sulfonamides is 1. The summed E-state index contributed by atoms with van der Waals surface area (Å²) in [5.41, 5.74) is 1.88. The van der Waals surface area contributed by atoms with E-state index in [1.807, 2.05) is 37.3 Å². The van der Waals surface area contributed by atoms with Gasteiger partial charge in [0.15, 0.2) is 0 Å². The summed E-state index contributed by atoms with van der Waals surface area (Å²) in [6.07, 6.45) is -0.0757. The number of aryl methyl sites for hydroxylation is 2. The van der Waals surface area contributed by atoms with E-state index in [1.54, 1.807) is 26.8 Å². The minimum atomic E-state index is -3.92. The van der Waals surface area contributed by atoms with Crippen molar-refractivity contribution in [1.29, 1.82) is 0 Å². The van der Waals surface area contributed by atoms with Crippen LogP contribution in [-0.4, -0.2) is 32.1 Å². The van der Waals surface area contributed by atoms with Crippen molar-refractivity contribution in [2.24, 2.45) is 10.6 Å². The number of rotatable bonds is 7. The van der Waals surface area contributed by atoms with E-state index in [2.05, 4.69) is 5.32 Å². The fourth-order valence-electron chi connectivity index (χ4n) is 3.18. The molecule has 0 aliphatic rings. The second-order valence-corrected chi connectivity index (χ2v) is 9.18. The summed E-state index contributed by atoms with van der Waals surface area (Å²) >= 11 is 0. The maximum Gasteiger partial charge on any atom is 0.251 e. The topological polar surface area (TPSA) is 109 Å². The van der Waals surface area contributed by atoms with Gasteiger partial charge < -0.3 is 10.4 Å². The van der Waals surface area contributed by atoms with Crippen LogP contribution in [-0.2, 0) is 16.4 Å². The smallest absolute Gasteiger partial charge is 0.251 e. The number of carbonyl (C=O) groups is 1. The maximum absolute atomic E-state index is 12.7. The summed E-state index contributed by atoms with van der Waals surface area (Å²) in [6.45, 7) is 7.22. The highest BCUT2D eigenvalue weighted by Gasteiger charge is 2.31. The highest BCUT2D eigenvalue weighted by molar-refractivity contribution is 7.89. The lowest BCUT2D eigenvalue weighted by molar-refractivity contribution is 0.0500. The minimum Gasteiger partial charge on any atom is -0.393 e. The quantitative estimate of drug-likeness (QED) is 0.658. The number of aliphatic hydroxyl groups is 1. The Morgan fingerprint density at radius 1 is 1.18 bits per heavy atom. The molecule has 0 aliphatic carbocycles. The van der Waals surface area contributed by atoms with Gasteiger partial charge in [0.2, 0.25) is 10.0 Å². The molecule has 0 unspecified atom stereocenters. The first kappa shape index (κ1) is 22.1. The highest BCUT2D eigenvalue weighted by atomic mass is 32.2. The SMILES string of the molecule is Cc1cc(C)c(S(N)(=O)=O)cc1C(=O)NC[C@@](C)(Cc1ccccc1)[C@H](C)O. The normalized spacial score (nSPS) is 14.9. The van der Waals surface area contributed by atoms with E-state index in [-0.39, 0.29) is 17.0 Å². The number of amides is 1. The Morgan fingerprint density at radius 2 is 1.79 bits per heavy atom. The number of carbonyl (C=O) groups excluding carboxylic acids is 1. The van der Waals surface area contributed by atoms with Crippen LogP contribution in [0.15, 0.2) is 47.4 Å². The Hall–Kier alpha value is -2.22. The van der Waals surface area contributed by atoms with Crippen molar-refractivity contribution < 1.29 is 18.3 Å². The van der Waals surface area contributed by atoms with Crippen molar-refractivity contribution in [2.45, 2.75) is 45.1 Å². The van der Waals surface area contributed by atoms with Gasteiger partial charge in [-0.3, -0.25) is 4.79 Å². The van der Waals surface area contributed by atoms with Crippen LogP contribution in [0.5, 0.6) is 0 Å². The van der Waals surface area contributed by atoms with Gasteiger partial charge in [0.25, 0.3) is 5.91 Å². The van der Waals surface area contributed by atoms with E-state index in [4.69, 9.17) is 5.14 Å². The summed E-state index contributed by atoms with van der Waals surface area (Å²) in [5, 5.41) is 18.4. The third-order valence-corrected chi connectivity index (χ3v) is 6.24. The third kappa shape index (κ3) is 5.19. The molecule has 0 spiro atoms. The molecule has 0 saturated carbocycles. The molecule has 0 heterocycles. The molecule has 2 aromatic rings. The molecule has 6 nitrogen and oxygen atoms in total. The zero-order chi connectivity index (χ0) is 21.1. The average molecular weight is 405 g/mol. The zero-order valence-corrected chi connectivity index (χ0v) is 17.5. The largest absolute Gasteiger partial charge is 0.393 e. The van der Waals surface area contributed by atoms with Gasteiger partial charge in [-0.25, -0.2) is 13.6 Å². The van der Waals surface area contributed by atoms with Crippen molar-refractivity contribution in [1.82, 2.24) is 5.32 Å². The summed E-state index contributed by atoms with van der Waals surface area (Å²) in [5.74, 6) is -0.401. The van der Waals surface area contributed by atoms with Gasteiger partial charge in [0.1, 0.15) is 0 Å². The van der Waals surface area contributed by atoms with Crippen molar-refractivity contribution in [3.8, 4) is 0 Å². The van der Waals surface area contributed by atoms with Gasteiger partial charge >= 0.3 is 0 Å². The Bertz CT molecular complexity index is 956. The van der Waals surface area contributed by atoms with Gasteiger partial charge in [-0.1, -0.05) is 43.3 Å². The van der Waals surface area contributed by atoms with E-state index >= 15 is 0 Å². The van der Waals surface area contributed by atoms with Crippen LogP contribution in [0.3, 0.4) is 0 Å². The molecule has 0 aromatic heterocycles. The lowest BCUT2D eigenvalue weighted by Crippen LogP contribution is -2.44. The fraction of sp³-hybridized carbons (Fsp3) is 0.381. The van der Waals surface area contributed by atoms with E-state index in [1.165, 1.54) is 6.07 Å². The number of nitrogens with one attached hydrogen (secondary N) is 1. The van der Waals surface area contributed by atoms with Crippen LogP contribution in [0.2, 0.25) is 0 Å². The standard InChI is InChI=1S/C21H28N2O4S/c1-14-10-15(2)19(28(22,26)27)11-18(14)20(25)23-13-21(4,16(3)24)12-17-8-6-5-7-9-17/h5-11,16,24H,12-13H2,1-4H3,(H,23,25)(H2,22,26,27)/t16-,21+/m0/s1. The van der Waals surface area contributed by atoms with Crippen LogP contribution >= 0.6 is 0 Å². The van der Waals surface area contributed by atoms with E-state index in [0.29, 0.717) is 17.5 Å². The number of nitrogens with two attached hydrogens (primary N) is 1. The predicted molar refractivity (Wildman–Crippen MR) is 110 cm³/mol. The molecule has 2 rings (SSSR count). The molecule has 0 bridgehead atoms. The number of aliphatic hydroxyl groups excluding tert-OH is 1. The summed E-state index contributed by atoms with van der Waals surface area (Å²) in [4.78, 5) is 12.7. The van der Waals surface area contributed by atoms with E-state index < -0.39 is 27.4 Å². The molecule has 152 valence electrons. The fourth-order valence-corrected chi connectivity index (χ4v) is 3.97. The molecule has 0 saturated heterocycles. The van der Waals surface area contributed by atoms with Crippen molar-refractivity contribution in [3.63, 3.8) is 0 Å². The predicted octanol–water partition coefficient (Wildman–Crippen LogP) is 2.31. The zero-order valence-electron chi connectivity index (χ0n) is 16.7. The first-order valence-corrected chi connectivity index (χ1v) is 10.6. The van der Waals surface area contributed by atoms with Crippen LogP contribution in [0.4, 0.5) is 0 Å². The number of hydrogen-bond acceptors (Lipinski definition) is 4. The molecule has 2 aromatic carbocycles. The molecule has 0 fully saturated rings. The summed E-state index contributed by atoms with van der Waals surface area (Å²) < 4.78 is 23.5. The lowest BCUT2D eigenvalue weighted by atomic mass is 9.79. The second kappa shape index (κ2) is 8.43. The van der Waals surface area contributed by atoms with E-state index in [0.717, 1.165) is 5.56 Å². The Balaban J connectivity index is 2.24. The van der Waals surface area contributed by atoms with Crippen molar-refractivity contribution in [2.75, 3.05) is 6.54 Å². The lowest BCUT2D eigenvalue weighted by Gasteiger charge is -2.33. The highest BCUT2D eigenvalue weighted by Crippen LogP contribution is 2.27.